The molecule has 0 aliphatic rings. The molecule has 18 heavy (non-hydrogen) atoms. The number of hydrogen-bond acceptors (Lipinski definition) is 2. The summed E-state index contributed by atoms with van der Waals surface area (Å²) in [7, 11) is 0. The van der Waals surface area contributed by atoms with E-state index in [1.807, 2.05) is 10.9 Å². The molecule has 1 unspecified atom stereocenters. The topological polar surface area (TPSA) is 30.7 Å². The minimum absolute atomic E-state index is 0.477. The molecule has 0 saturated heterocycles. The van der Waals surface area contributed by atoms with E-state index < -0.39 is 0 Å². The number of aryl methyl sites for hydroxylation is 3. The fourth-order valence-corrected chi connectivity index (χ4v) is 2.31. The van der Waals surface area contributed by atoms with Gasteiger partial charge in [0.25, 0.3) is 0 Å². The maximum atomic E-state index is 4.21. The molecule has 3 nitrogen and oxygen atoms in total. The zero-order chi connectivity index (χ0) is 13.1. The SMILES string of the molecule is CCn1cc(CC(C)c2cc(C)cc(C)c2)nn1. The summed E-state index contributed by atoms with van der Waals surface area (Å²) in [4.78, 5) is 0. The van der Waals surface area contributed by atoms with Crippen molar-refractivity contribution in [1.82, 2.24) is 15.0 Å². The molecule has 0 fully saturated rings. The lowest BCUT2D eigenvalue weighted by Gasteiger charge is -2.12. The van der Waals surface area contributed by atoms with Crippen molar-refractivity contribution in [2.75, 3.05) is 0 Å². The number of benzene rings is 1. The lowest BCUT2D eigenvalue weighted by Crippen LogP contribution is -2.00. The highest BCUT2D eigenvalue weighted by Gasteiger charge is 2.10. The fourth-order valence-electron chi connectivity index (χ4n) is 2.31. The quantitative estimate of drug-likeness (QED) is 0.825. The van der Waals surface area contributed by atoms with Gasteiger partial charge >= 0.3 is 0 Å². The average molecular weight is 243 g/mol. The zero-order valence-electron chi connectivity index (χ0n) is 11.6. The Hall–Kier alpha value is -1.64. The van der Waals surface area contributed by atoms with Crippen molar-refractivity contribution in [3.8, 4) is 0 Å². The Bertz CT molecular complexity index is 508. The van der Waals surface area contributed by atoms with Crippen LogP contribution in [0, 0.1) is 13.8 Å². The summed E-state index contributed by atoms with van der Waals surface area (Å²) < 4.78 is 1.88. The first-order valence-electron chi connectivity index (χ1n) is 6.55. The molecule has 2 aromatic rings. The normalized spacial score (nSPS) is 12.7. The van der Waals surface area contributed by atoms with Crippen molar-refractivity contribution in [1.29, 1.82) is 0 Å². The largest absolute Gasteiger partial charge is 0.253 e. The third-order valence-electron chi connectivity index (χ3n) is 3.24. The van der Waals surface area contributed by atoms with Crippen molar-refractivity contribution < 1.29 is 0 Å². The predicted molar refractivity (Wildman–Crippen MR) is 73.7 cm³/mol. The first-order chi connectivity index (χ1) is 8.58. The van der Waals surface area contributed by atoms with Gasteiger partial charge in [-0.15, -0.1) is 5.10 Å². The smallest absolute Gasteiger partial charge is 0.0833 e. The van der Waals surface area contributed by atoms with Gasteiger partial charge < -0.3 is 0 Å². The highest BCUT2D eigenvalue weighted by atomic mass is 15.4. The highest BCUT2D eigenvalue weighted by Crippen LogP contribution is 2.21. The molecule has 0 amide bonds. The summed E-state index contributed by atoms with van der Waals surface area (Å²) in [6, 6.07) is 6.74. The van der Waals surface area contributed by atoms with E-state index in [1.54, 1.807) is 0 Å². The third kappa shape index (κ3) is 2.97. The molecule has 1 aromatic heterocycles. The summed E-state index contributed by atoms with van der Waals surface area (Å²) in [5.74, 6) is 0.477. The Kier molecular flexibility index (Phi) is 3.80. The predicted octanol–water partition coefficient (Wildman–Crippen LogP) is 3.26. The molecule has 0 aliphatic heterocycles. The van der Waals surface area contributed by atoms with E-state index >= 15 is 0 Å². The Morgan fingerprint density at radius 1 is 1.17 bits per heavy atom. The monoisotopic (exact) mass is 243 g/mol. The number of hydrogen-bond donors (Lipinski definition) is 0. The van der Waals surface area contributed by atoms with Crippen molar-refractivity contribution in [2.24, 2.45) is 0 Å². The second-order valence-corrected chi connectivity index (χ2v) is 5.09. The number of nitrogens with zero attached hydrogens (tertiary/aromatic N) is 3. The molecule has 1 aromatic carbocycles. The molecule has 0 aliphatic carbocycles. The van der Waals surface area contributed by atoms with Crippen LogP contribution in [-0.2, 0) is 13.0 Å². The summed E-state index contributed by atoms with van der Waals surface area (Å²) in [5, 5.41) is 8.29. The van der Waals surface area contributed by atoms with E-state index in [9.17, 15) is 0 Å². The molecule has 1 heterocycles. The molecule has 0 saturated carbocycles. The lowest BCUT2D eigenvalue weighted by molar-refractivity contribution is 0.626. The van der Waals surface area contributed by atoms with Gasteiger partial charge in [-0.25, -0.2) is 0 Å². The average Bonchev–Trinajstić information content (AvgIpc) is 2.75. The van der Waals surface area contributed by atoms with Crippen molar-refractivity contribution in [3.63, 3.8) is 0 Å². The van der Waals surface area contributed by atoms with Crippen LogP contribution < -0.4 is 0 Å². The van der Waals surface area contributed by atoms with Gasteiger partial charge in [0.2, 0.25) is 0 Å². The lowest BCUT2D eigenvalue weighted by atomic mass is 9.93. The van der Waals surface area contributed by atoms with Gasteiger partial charge in [0.1, 0.15) is 0 Å². The van der Waals surface area contributed by atoms with E-state index in [-0.39, 0.29) is 0 Å². The Morgan fingerprint density at radius 2 is 1.83 bits per heavy atom. The second-order valence-electron chi connectivity index (χ2n) is 5.09. The molecule has 2 rings (SSSR count). The number of aromatic nitrogens is 3. The molecule has 1 atom stereocenters. The van der Waals surface area contributed by atoms with Crippen LogP contribution in [0.1, 0.15) is 42.1 Å². The second kappa shape index (κ2) is 5.34. The van der Waals surface area contributed by atoms with Crippen LogP contribution in [0.2, 0.25) is 0 Å². The standard InChI is InChI=1S/C15H21N3/c1-5-18-10-15(16-17-18)9-13(4)14-7-11(2)6-12(3)8-14/h6-8,10,13H,5,9H2,1-4H3. The molecule has 0 bridgehead atoms. The first kappa shape index (κ1) is 12.8. The van der Waals surface area contributed by atoms with Crippen molar-refractivity contribution in [2.45, 2.75) is 46.6 Å². The van der Waals surface area contributed by atoms with E-state index in [2.05, 4.69) is 56.2 Å². The van der Waals surface area contributed by atoms with Crippen LogP contribution in [0.25, 0.3) is 0 Å². The molecule has 0 spiro atoms. The summed E-state index contributed by atoms with van der Waals surface area (Å²) in [6.07, 6.45) is 2.99. The summed E-state index contributed by atoms with van der Waals surface area (Å²) in [5.41, 5.74) is 5.12. The maximum Gasteiger partial charge on any atom is 0.0833 e. The molecule has 0 radical (unpaired) electrons. The van der Waals surface area contributed by atoms with Crippen LogP contribution >= 0.6 is 0 Å². The van der Waals surface area contributed by atoms with Gasteiger partial charge in [-0.2, -0.15) is 0 Å². The van der Waals surface area contributed by atoms with Crippen LogP contribution in [0.4, 0.5) is 0 Å². The fraction of sp³-hybridized carbons (Fsp3) is 0.467. The molecular weight excluding hydrogens is 222 g/mol. The number of rotatable bonds is 4. The van der Waals surface area contributed by atoms with Gasteiger partial charge in [0.05, 0.1) is 5.69 Å². The first-order valence-corrected chi connectivity index (χ1v) is 6.55. The van der Waals surface area contributed by atoms with E-state index in [1.165, 1.54) is 16.7 Å². The maximum absolute atomic E-state index is 4.21. The van der Waals surface area contributed by atoms with Gasteiger partial charge in [0, 0.05) is 12.7 Å². The zero-order valence-corrected chi connectivity index (χ0v) is 11.6. The minimum Gasteiger partial charge on any atom is -0.253 e. The van der Waals surface area contributed by atoms with Crippen molar-refractivity contribution in [3.05, 3.63) is 46.8 Å². The molecule has 3 heteroatoms. The van der Waals surface area contributed by atoms with Crippen LogP contribution in [0.3, 0.4) is 0 Å². The molecular formula is C15H21N3. The van der Waals surface area contributed by atoms with E-state index in [0.717, 1.165) is 18.7 Å². The van der Waals surface area contributed by atoms with Gasteiger partial charge in [-0.05, 0) is 38.7 Å². The molecule has 0 N–H and O–H groups in total. The Morgan fingerprint density at radius 3 is 2.39 bits per heavy atom. The van der Waals surface area contributed by atoms with Gasteiger partial charge in [0.15, 0.2) is 0 Å². The van der Waals surface area contributed by atoms with Crippen LogP contribution in [0.15, 0.2) is 24.4 Å². The molecule has 96 valence electrons. The van der Waals surface area contributed by atoms with E-state index in [0.29, 0.717) is 5.92 Å². The Balaban J connectivity index is 2.13. The minimum atomic E-state index is 0.477. The highest BCUT2D eigenvalue weighted by molar-refractivity contribution is 5.31. The van der Waals surface area contributed by atoms with Gasteiger partial charge in [-0.3, -0.25) is 4.68 Å². The van der Waals surface area contributed by atoms with Crippen LogP contribution in [0.5, 0.6) is 0 Å². The third-order valence-corrected chi connectivity index (χ3v) is 3.24. The summed E-state index contributed by atoms with van der Waals surface area (Å²) in [6.45, 7) is 9.50. The summed E-state index contributed by atoms with van der Waals surface area (Å²) >= 11 is 0. The van der Waals surface area contributed by atoms with Crippen molar-refractivity contribution >= 4 is 0 Å². The Labute approximate surface area is 109 Å². The van der Waals surface area contributed by atoms with E-state index in [4.69, 9.17) is 0 Å². The van der Waals surface area contributed by atoms with Gasteiger partial charge in [-0.1, -0.05) is 41.5 Å². The van der Waals surface area contributed by atoms with Crippen LogP contribution in [-0.4, -0.2) is 15.0 Å².